The van der Waals surface area contributed by atoms with E-state index >= 15 is 0 Å². The molecule has 0 atom stereocenters. The van der Waals surface area contributed by atoms with Crippen LogP contribution in [0.4, 0.5) is 5.69 Å². The zero-order valence-electron chi connectivity index (χ0n) is 7.20. The van der Waals surface area contributed by atoms with E-state index < -0.39 is 0 Å². The molecule has 0 heterocycles. The molecule has 1 aromatic rings. The van der Waals surface area contributed by atoms with E-state index in [0.29, 0.717) is 26.1 Å². The largest absolute Gasteiger partial charge is 0.276 e. The van der Waals surface area contributed by atoms with Crippen LogP contribution in [0.2, 0.25) is 0 Å². The molecule has 0 fully saturated rings. The van der Waals surface area contributed by atoms with E-state index in [0.717, 1.165) is 5.56 Å². The lowest BCUT2D eigenvalue weighted by atomic mass is 10.2. The third-order valence-electron chi connectivity index (χ3n) is 1.58. The van der Waals surface area contributed by atoms with Crippen molar-refractivity contribution in [3.05, 3.63) is 31.5 Å². The summed E-state index contributed by atoms with van der Waals surface area (Å²) in [7, 11) is 0. The number of aryl methyl sites for hydroxylation is 1. The van der Waals surface area contributed by atoms with Gasteiger partial charge in [0.25, 0.3) is 0 Å². The minimum absolute atomic E-state index is 0.354. The fourth-order valence-electron chi connectivity index (χ4n) is 1.02. The quantitative estimate of drug-likeness (QED) is 0.488. The number of carbonyl (C=O) groups is 1. The summed E-state index contributed by atoms with van der Waals surface area (Å²) in [5, 5.41) is 3.30. The van der Waals surface area contributed by atoms with Gasteiger partial charge in [-0.15, -0.1) is 4.91 Å². The molecule has 0 saturated heterocycles. The van der Waals surface area contributed by atoms with Crippen molar-refractivity contribution < 1.29 is 4.79 Å². The molecule has 0 radical (unpaired) electrons. The maximum absolute atomic E-state index is 10.5. The predicted molar refractivity (Wildman–Crippen MR) is 60.9 cm³/mol. The van der Waals surface area contributed by atoms with Gasteiger partial charge in [0, 0.05) is 8.95 Å². The lowest BCUT2D eigenvalue weighted by Crippen LogP contribution is -2.13. The minimum atomic E-state index is 0.354. The summed E-state index contributed by atoms with van der Waals surface area (Å²) in [6.07, 6.45) is 0.354. The highest BCUT2D eigenvalue weighted by molar-refractivity contribution is 9.11. The Morgan fingerprint density at radius 1 is 1.36 bits per heavy atom. The SMILES string of the molecule is Cc1cc(Br)c(N(C=O)N=O)c(Br)c1. The number of carbonyl (C=O) groups excluding carboxylic acids is 1. The first-order chi connectivity index (χ1) is 6.60. The van der Waals surface area contributed by atoms with Gasteiger partial charge in [-0.2, -0.15) is 5.01 Å². The van der Waals surface area contributed by atoms with Crippen molar-refractivity contribution in [1.29, 1.82) is 0 Å². The Morgan fingerprint density at radius 2 is 1.86 bits per heavy atom. The van der Waals surface area contributed by atoms with Crippen LogP contribution in [0.15, 0.2) is 26.4 Å². The van der Waals surface area contributed by atoms with Crippen LogP contribution in [-0.2, 0) is 4.79 Å². The van der Waals surface area contributed by atoms with Gasteiger partial charge in [-0.05, 0) is 56.5 Å². The van der Waals surface area contributed by atoms with E-state index in [4.69, 9.17) is 0 Å². The first kappa shape index (κ1) is 11.3. The molecular formula is C8H6Br2N2O2. The fourth-order valence-corrected chi connectivity index (χ4v) is 2.80. The molecule has 14 heavy (non-hydrogen) atoms. The van der Waals surface area contributed by atoms with Gasteiger partial charge in [0.2, 0.25) is 6.41 Å². The second-order valence-corrected chi connectivity index (χ2v) is 4.32. The van der Waals surface area contributed by atoms with E-state index in [9.17, 15) is 9.70 Å². The second-order valence-electron chi connectivity index (χ2n) is 2.61. The van der Waals surface area contributed by atoms with Gasteiger partial charge in [0.15, 0.2) is 0 Å². The van der Waals surface area contributed by atoms with Gasteiger partial charge < -0.3 is 0 Å². The smallest absolute Gasteiger partial charge is 0.237 e. The molecule has 0 aromatic heterocycles. The van der Waals surface area contributed by atoms with Crippen LogP contribution in [0.3, 0.4) is 0 Å². The molecule has 0 aliphatic rings. The van der Waals surface area contributed by atoms with Gasteiger partial charge in [-0.25, -0.2) is 0 Å². The Labute approximate surface area is 97.5 Å². The summed E-state index contributed by atoms with van der Waals surface area (Å²) in [4.78, 5) is 20.8. The number of anilines is 1. The van der Waals surface area contributed by atoms with Crippen molar-refractivity contribution in [3.8, 4) is 0 Å². The lowest BCUT2D eigenvalue weighted by Gasteiger charge is -2.12. The monoisotopic (exact) mass is 320 g/mol. The summed E-state index contributed by atoms with van der Waals surface area (Å²) in [5.74, 6) is 0. The van der Waals surface area contributed by atoms with Crippen molar-refractivity contribution in [1.82, 2.24) is 0 Å². The van der Waals surface area contributed by atoms with E-state index in [1.807, 2.05) is 6.92 Å². The number of nitrogens with zero attached hydrogens (tertiary/aromatic N) is 2. The maximum Gasteiger partial charge on any atom is 0.237 e. The van der Waals surface area contributed by atoms with Crippen LogP contribution >= 0.6 is 31.9 Å². The summed E-state index contributed by atoms with van der Waals surface area (Å²) in [5.41, 5.74) is 1.41. The van der Waals surface area contributed by atoms with E-state index in [-0.39, 0.29) is 0 Å². The Kier molecular flexibility index (Phi) is 3.77. The average Bonchev–Trinajstić information content (AvgIpc) is 2.10. The summed E-state index contributed by atoms with van der Waals surface area (Å²) in [6.45, 7) is 1.90. The molecule has 0 saturated carbocycles. The Hall–Kier alpha value is -0.750. The van der Waals surface area contributed by atoms with Gasteiger partial charge >= 0.3 is 0 Å². The highest BCUT2D eigenvalue weighted by Crippen LogP contribution is 2.34. The molecule has 1 aromatic carbocycles. The maximum atomic E-state index is 10.5. The molecular weight excluding hydrogens is 316 g/mol. The summed E-state index contributed by atoms with van der Waals surface area (Å²) in [6, 6.07) is 3.59. The van der Waals surface area contributed by atoms with Crippen LogP contribution in [-0.4, -0.2) is 6.41 Å². The zero-order valence-corrected chi connectivity index (χ0v) is 10.4. The van der Waals surface area contributed by atoms with E-state index in [2.05, 4.69) is 37.1 Å². The van der Waals surface area contributed by atoms with Crippen LogP contribution in [0, 0.1) is 11.8 Å². The zero-order chi connectivity index (χ0) is 10.7. The number of hydrogen-bond acceptors (Lipinski definition) is 3. The molecule has 0 unspecified atom stereocenters. The van der Waals surface area contributed by atoms with Crippen LogP contribution < -0.4 is 5.01 Å². The molecule has 0 aliphatic heterocycles. The van der Waals surface area contributed by atoms with Gasteiger partial charge in [0.05, 0.1) is 11.0 Å². The Balaban J connectivity index is 3.32. The first-order valence-corrected chi connectivity index (χ1v) is 5.22. The number of rotatable bonds is 3. The van der Waals surface area contributed by atoms with Crippen LogP contribution in [0.5, 0.6) is 0 Å². The molecule has 1 amide bonds. The summed E-state index contributed by atoms with van der Waals surface area (Å²) >= 11 is 6.50. The van der Waals surface area contributed by atoms with E-state index in [1.165, 1.54) is 0 Å². The van der Waals surface area contributed by atoms with Gasteiger partial charge in [-0.3, -0.25) is 4.79 Å². The summed E-state index contributed by atoms with van der Waals surface area (Å²) < 4.78 is 1.27. The van der Waals surface area contributed by atoms with Gasteiger partial charge in [-0.1, -0.05) is 0 Å². The molecule has 0 spiro atoms. The van der Waals surface area contributed by atoms with Crippen molar-refractivity contribution in [2.24, 2.45) is 5.29 Å². The second kappa shape index (κ2) is 4.65. The van der Waals surface area contributed by atoms with E-state index in [1.54, 1.807) is 12.1 Å². The molecule has 1 rings (SSSR count). The molecule has 74 valence electrons. The van der Waals surface area contributed by atoms with Crippen LogP contribution in [0.25, 0.3) is 0 Å². The Bertz CT molecular complexity index is 351. The molecule has 0 N–H and O–H groups in total. The fraction of sp³-hybridized carbons (Fsp3) is 0.125. The third-order valence-corrected chi connectivity index (χ3v) is 2.79. The first-order valence-electron chi connectivity index (χ1n) is 3.63. The van der Waals surface area contributed by atoms with Crippen molar-refractivity contribution in [3.63, 3.8) is 0 Å². The minimum Gasteiger partial charge on any atom is -0.276 e. The molecule has 4 nitrogen and oxygen atoms in total. The molecule has 0 aliphatic carbocycles. The highest BCUT2D eigenvalue weighted by atomic mass is 79.9. The Morgan fingerprint density at radius 3 is 2.21 bits per heavy atom. The number of hydrogen-bond donors (Lipinski definition) is 0. The molecule has 6 heteroatoms. The number of halogens is 2. The predicted octanol–water partition coefficient (Wildman–Crippen LogP) is 3.16. The van der Waals surface area contributed by atoms with Gasteiger partial charge in [0.1, 0.15) is 0 Å². The lowest BCUT2D eigenvalue weighted by molar-refractivity contribution is -0.107. The van der Waals surface area contributed by atoms with Crippen molar-refractivity contribution in [2.75, 3.05) is 5.01 Å². The van der Waals surface area contributed by atoms with Crippen molar-refractivity contribution >= 4 is 44.0 Å². The molecule has 0 bridgehead atoms. The highest BCUT2D eigenvalue weighted by Gasteiger charge is 2.14. The average molecular weight is 322 g/mol. The van der Waals surface area contributed by atoms with Crippen LogP contribution in [0.1, 0.15) is 5.56 Å². The number of amides is 1. The topological polar surface area (TPSA) is 49.7 Å². The standard InChI is InChI=1S/C8H6Br2N2O2/c1-5-2-6(9)8(7(10)3-5)12(4-13)11-14/h2-4H,1H3. The normalized spacial score (nSPS) is 9.64. The van der Waals surface area contributed by atoms with Crippen molar-refractivity contribution in [2.45, 2.75) is 6.92 Å². The number of nitroso groups, excluding NO2 is 1. The third kappa shape index (κ3) is 2.19. The number of benzene rings is 1.